The first-order valence-corrected chi connectivity index (χ1v) is 7.24. The fraction of sp³-hybridized carbons (Fsp3) is 0.562. The molecule has 104 valence electrons. The number of hydrogen-bond acceptors (Lipinski definition) is 1. The van der Waals surface area contributed by atoms with E-state index >= 15 is 0 Å². The van der Waals surface area contributed by atoms with Crippen molar-refractivity contribution in [2.45, 2.75) is 46.0 Å². The third kappa shape index (κ3) is 3.36. The van der Waals surface area contributed by atoms with Gasteiger partial charge in [-0.25, -0.2) is 4.39 Å². The predicted octanol–water partition coefficient (Wildman–Crippen LogP) is 4.81. The highest BCUT2D eigenvalue weighted by molar-refractivity contribution is 6.30. The molecule has 0 saturated heterocycles. The highest BCUT2D eigenvalue weighted by Gasteiger charge is 2.36. The normalized spacial score (nSPS) is 22.2. The van der Waals surface area contributed by atoms with E-state index in [1.807, 2.05) is 0 Å². The van der Waals surface area contributed by atoms with Crippen LogP contribution in [0.15, 0.2) is 18.2 Å². The predicted molar refractivity (Wildman–Crippen MR) is 75.9 cm³/mol. The van der Waals surface area contributed by atoms with Crippen LogP contribution in [-0.4, -0.2) is 5.78 Å². The third-order valence-corrected chi connectivity index (χ3v) is 4.56. The Balaban J connectivity index is 2.09. The lowest BCUT2D eigenvalue weighted by Gasteiger charge is -2.37. The lowest BCUT2D eigenvalue weighted by molar-refractivity contribution is -0.127. The molecule has 1 nitrogen and oxygen atoms in total. The Morgan fingerprint density at radius 2 is 2.16 bits per heavy atom. The van der Waals surface area contributed by atoms with Gasteiger partial charge in [0.15, 0.2) is 0 Å². The van der Waals surface area contributed by atoms with Gasteiger partial charge in [-0.2, -0.15) is 0 Å². The molecule has 0 aromatic heterocycles. The second-order valence-corrected chi connectivity index (χ2v) is 6.59. The van der Waals surface area contributed by atoms with E-state index in [1.54, 1.807) is 6.07 Å². The molecule has 1 fully saturated rings. The SMILES string of the molecule is CC1(C)CCCCC1C(=O)Cc1ccc(Cl)c(F)c1. The average molecular weight is 283 g/mol. The fourth-order valence-electron chi connectivity index (χ4n) is 3.06. The molecule has 0 amide bonds. The van der Waals surface area contributed by atoms with Gasteiger partial charge in [0, 0.05) is 12.3 Å². The van der Waals surface area contributed by atoms with Gasteiger partial charge in [-0.1, -0.05) is 44.4 Å². The highest BCUT2D eigenvalue weighted by Crippen LogP contribution is 2.41. The molecule has 1 atom stereocenters. The van der Waals surface area contributed by atoms with Crippen molar-refractivity contribution < 1.29 is 9.18 Å². The summed E-state index contributed by atoms with van der Waals surface area (Å²) in [6, 6.07) is 4.63. The number of Topliss-reactive ketones (excluding diaryl/α,β-unsaturated/α-hetero) is 1. The molecule has 2 rings (SSSR count). The van der Waals surface area contributed by atoms with Crippen molar-refractivity contribution in [2.75, 3.05) is 0 Å². The van der Waals surface area contributed by atoms with Crippen LogP contribution in [0.1, 0.15) is 45.1 Å². The highest BCUT2D eigenvalue weighted by atomic mass is 35.5. The summed E-state index contributed by atoms with van der Waals surface area (Å²) >= 11 is 5.65. The Morgan fingerprint density at radius 1 is 1.42 bits per heavy atom. The van der Waals surface area contributed by atoms with Crippen LogP contribution in [0.3, 0.4) is 0 Å². The van der Waals surface area contributed by atoms with Gasteiger partial charge in [0.25, 0.3) is 0 Å². The monoisotopic (exact) mass is 282 g/mol. The van der Waals surface area contributed by atoms with E-state index in [1.165, 1.54) is 18.6 Å². The van der Waals surface area contributed by atoms with Gasteiger partial charge in [-0.3, -0.25) is 4.79 Å². The summed E-state index contributed by atoms with van der Waals surface area (Å²) in [7, 11) is 0. The summed E-state index contributed by atoms with van der Waals surface area (Å²) in [6.45, 7) is 4.33. The second-order valence-electron chi connectivity index (χ2n) is 6.18. The standard InChI is InChI=1S/C16H20ClFO/c1-16(2)8-4-3-5-12(16)15(19)10-11-6-7-13(17)14(18)9-11/h6-7,9,12H,3-5,8,10H2,1-2H3. The minimum absolute atomic E-state index is 0.0697. The van der Waals surface area contributed by atoms with E-state index in [2.05, 4.69) is 13.8 Å². The molecule has 0 N–H and O–H groups in total. The van der Waals surface area contributed by atoms with Gasteiger partial charge in [0.2, 0.25) is 0 Å². The molecule has 1 saturated carbocycles. The summed E-state index contributed by atoms with van der Waals surface area (Å²) in [5.74, 6) is -0.124. The molecule has 0 spiro atoms. The van der Waals surface area contributed by atoms with Crippen molar-refractivity contribution in [3.63, 3.8) is 0 Å². The molecule has 0 heterocycles. The van der Waals surface area contributed by atoms with Crippen LogP contribution in [0.4, 0.5) is 4.39 Å². The van der Waals surface area contributed by atoms with Gasteiger partial charge in [-0.15, -0.1) is 0 Å². The van der Waals surface area contributed by atoms with Crippen molar-refractivity contribution in [1.29, 1.82) is 0 Å². The summed E-state index contributed by atoms with van der Waals surface area (Å²) in [5, 5.41) is 0.106. The van der Waals surface area contributed by atoms with E-state index in [0.717, 1.165) is 19.3 Å². The third-order valence-electron chi connectivity index (χ3n) is 4.26. The first-order valence-electron chi connectivity index (χ1n) is 6.87. The maximum absolute atomic E-state index is 13.4. The molecule has 0 bridgehead atoms. The molecular formula is C16H20ClFO. The summed E-state index contributed by atoms with van der Waals surface area (Å²) in [5.41, 5.74) is 0.786. The maximum Gasteiger partial charge on any atom is 0.142 e. The fourth-order valence-corrected chi connectivity index (χ4v) is 3.18. The first kappa shape index (κ1) is 14.5. The van der Waals surface area contributed by atoms with Crippen LogP contribution in [0.5, 0.6) is 0 Å². The quantitative estimate of drug-likeness (QED) is 0.778. The van der Waals surface area contributed by atoms with E-state index in [9.17, 15) is 9.18 Å². The van der Waals surface area contributed by atoms with E-state index in [-0.39, 0.29) is 22.1 Å². The lowest BCUT2D eigenvalue weighted by atomic mass is 9.66. The lowest BCUT2D eigenvalue weighted by Crippen LogP contribution is -2.34. The van der Waals surface area contributed by atoms with Crippen molar-refractivity contribution in [3.05, 3.63) is 34.6 Å². The second kappa shape index (κ2) is 5.62. The van der Waals surface area contributed by atoms with E-state index in [4.69, 9.17) is 11.6 Å². The molecule has 1 aromatic rings. The zero-order valence-corrected chi connectivity index (χ0v) is 12.3. The Morgan fingerprint density at radius 3 is 2.79 bits per heavy atom. The Hall–Kier alpha value is -0.890. The van der Waals surface area contributed by atoms with Crippen molar-refractivity contribution in [1.82, 2.24) is 0 Å². The topological polar surface area (TPSA) is 17.1 Å². The summed E-state index contributed by atoms with van der Waals surface area (Å²) in [4.78, 5) is 12.4. The molecule has 1 aliphatic rings. The van der Waals surface area contributed by atoms with Crippen LogP contribution >= 0.6 is 11.6 Å². The van der Waals surface area contributed by atoms with Crippen molar-refractivity contribution >= 4 is 17.4 Å². The Labute approximate surface area is 119 Å². The van der Waals surface area contributed by atoms with Crippen LogP contribution in [0.25, 0.3) is 0 Å². The van der Waals surface area contributed by atoms with Crippen LogP contribution in [0.2, 0.25) is 5.02 Å². The number of rotatable bonds is 3. The molecule has 1 unspecified atom stereocenters. The number of ketones is 1. The molecule has 3 heteroatoms. The molecule has 19 heavy (non-hydrogen) atoms. The van der Waals surface area contributed by atoms with Gasteiger partial charge >= 0.3 is 0 Å². The largest absolute Gasteiger partial charge is 0.299 e. The van der Waals surface area contributed by atoms with Gasteiger partial charge in [0.1, 0.15) is 11.6 Å². The number of benzene rings is 1. The van der Waals surface area contributed by atoms with Gasteiger partial charge in [-0.05, 0) is 36.0 Å². The molecule has 1 aromatic carbocycles. The minimum atomic E-state index is -0.449. The summed E-state index contributed by atoms with van der Waals surface area (Å²) < 4.78 is 13.4. The molecule has 0 aliphatic heterocycles. The maximum atomic E-state index is 13.4. The smallest absolute Gasteiger partial charge is 0.142 e. The molecular weight excluding hydrogens is 263 g/mol. The Bertz CT molecular complexity index is 482. The number of carbonyl (C=O) groups is 1. The van der Waals surface area contributed by atoms with E-state index < -0.39 is 5.82 Å². The minimum Gasteiger partial charge on any atom is -0.299 e. The number of carbonyl (C=O) groups excluding carboxylic acids is 1. The van der Waals surface area contributed by atoms with Gasteiger partial charge < -0.3 is 0 Å². The number of hydrogen-bond donors (Lipinski definition) is 0. The van der Waals surface area contributed by atoms with Crippen LogP contribution in [0, 0.1) is 17.2 Å². The van der Waals surface area contributed by atoms with Gasteiger partial charge in [0.05, 0.1) is 5.02 Å². The van der Waals surface area contributed by atoms with E-state index in [0.29, 0.717) is 12.0 Å². The first-order chi connectivity index (χ1) is 8.90. The Kier molecular flexibility index (Phi) is 4.29. The average Bonchev–Trinajstić information content (AvgIpc) is 2.33. The molecule has 1 aliphatic carbocycles. The zero-order chi connectivity index (χ0) is 14.0. The number of halogens is 2. The van der Waals surface area contributed by atoms with Crippen molar-refractivity contribution in [2.24, 2.45) is 11.3 Å². The summed E-state index contributed by atoms with van der Waals surface area (Å²) in [6.07, 6.45) is 4.68. The van der Waals surface area contributed by atoms with Crippen LogP contribution < -0.4 is 0 Å². The molecule has 0 radical (unpaired) electrons. The van der Waals surface area contributed by atoms with Crippen LogP contribution in [-0.2, 0) is 11.2 Å². The van der Waals surface area contributed by atoms with Crippen molar-refractivity contribution in [3.8, 4) is 0 Å². The zero-order valence-electron chi connectivity index (χ0n) is 11.5.